The molecule has 10 heteroatoms. The van der Waals surface area contributed by atoms with Gasteiger partial charge in [-0.3, -0.25) is 9.59 Å². The smallest absolute Gasteiger partial charge is 0.281 e. The number of aromatic nitrogens is 5. The van der Waals surface area contributed by atoms with E-state index in [1.165, 1.54) is 0 Å². The Morgan fingerprint density at radius 2 is 2.00 bits per heavy atom. The largest absolute Gasteiger partial charge is 0.497 e. The highest BCUT2D eigenvalue weighted by atomic mass is 35.5. The van der Waals surface area contributed by atoms with Gasteiger partial charge in [0.1, 0.15) is 11.6 Å². The SMILES string of the molecule is COc1ccc(C(=O)N2CCC[C@H](c3nc4c(nnn4Cc4ccccc4Cl)c(=O)[nH]3)C2)cc1. The highest BCUT2D eigenvalue weighted by molar-refractivity contribution is 6.31. The van der Waals surface area contributed by atoms with Crippen molar-refractivity contribution >= 4 is 28.7 Å². The van der Waals surface area contributed by atoms with E-state index in [9.17, 15) is 9.59 Å². The normalized spacial score (nSPS) is 16.1. The minimum absolute atomic E-state index is 0.0544. The lowest BCUT2D eigenvalue weighted by molar-refractivity contribution is 0.0704. The zero-order chi connectivity index (χ0) is 23.7. The number of H-pyrrole nitrogens is 1. The van der Waals surface area contributed by atoms with E-state index in [1.807, 2.05) is 18.2 Å². The Bertz CT molecular complexity index is 1400. The van der Waals surface area contributed by atoms with Crippen LogP contribution in [0.1, 0.15) is 40.5 Å². The van der Waals surface area contributed by atoms with Crippen molar-refractivity contribution in [3.63, 3.8) is 0 Å². The maximum absolute atomic E-state index is 13.1. The van der Waals surface area contributed by atoms with Crippen molar-refractivity contribution in [2.75, 3.05) is 20.2 Å². The number of carbonyl (C=O) groups excluding carboxylic acids is 1. The Morgan fingerprint density at radius 1 is 1.21 bits per heavy atom. The number of amides is 1. The molecule has 1 fully saturated rings. The van der Waals surface area contributed by atoms with Gasteiger partial charge in [-0.1, -0.05) is 35.0 Å². The zero-order valence-electron chi connectivity index (χ0n) is 18.6. The first-order valence-corrected chi connectivity index (χ1v) is 11.4. The number of hydrogen-bond acceptors (Lipinski definition) is 6. The van der Waals surface area contributed by atoms with Gasteiger partial charge in [0.15, 0.2) is 11.2 Å². The van der Waals surface area contributed by atoms with Crippen LogP contribution in [0.3, 0.4) is 0 Å². The number of ether oxygens (including phenoxy) is 1. The Kier molecular flexibility index (Phi) is 6.02. The van der Waals surface area contributed by atoms with Crippen LogP contribution in [-0.2, 0) is 6.54 Å². The molecule has 0 bridgehead atoms. The van der Waals surface area contributed by atoms with Gasteiger partial charge in [-0.2, -0.15) is 0 Å². The van der Waals surface area contributed by atoms with Crippen molar-refractivity contribution < 1.29 is 9.53 Å². The second kappa shape index (κ2) is 9.26. The molecule has 1 aliphatic rings. The van der Waals surface area contributed by atoms with E-state index < -0.39 is 0 Å². The van der Waals surface area contributed by atoms with Crippen molar-refractivity contribution in [2.45, 2.75) is 25.3 Å². The van der Waals surface area contributed by atoms with Gasteiger partial charge in [0.05, 0.1) is 13.7 Å². The number of methoxy groups -OCH3 is 1. The summed E-state index contributed by atoms with van der Waals surface area (Å²) in [6.07, 6.45) is 1.62. The number of halogens is 1. The quantitative estimate of drug-likeness (QED) is 0.472. The Morgan fingerprint density at radius 3 is 2.76 bits per heavy atom. The number of nitrogens with one attached hydrogen (secondary N) is 1. The molecule has 0 aliphatic carbocycles. The third kappa shape index (κ3) is 4.26. The molecule has 0 spiro atoms. The molecule has 34 heavy (non-hydrogen) atoms. The summed E-state index contributed by atoms with van der Waals surface area (Å²) in [6.45, 7) is 1.46. The number of carbonyl (C=O) groups is 1. The fourth-order valence-corrected chi connectivity index (χ4v) is 4.47. The molecular formula is C24H23ClN6O3. The van der Waals surface area contributed by atoms with Crippen molar-refractivity contribution in [3.8, 4) is 5.75 Å². The number of rotatable bonds is 5. The van der Waals surface area contributed by atoms with Crippen LogP contribution in [-0.4, -0.2) is 56.0 Å². The lowest BCUT2D eigenvalue weighted by atomic mass is 9.96. The van der Waals surface area contributed by atoms with E-state index in [4.69, 9.17) is 21.3 Å². The standard InChI is InChI=1S/C24H23ClN6O3/c1-34-18-10-8-15(9-11-18)24(33)30-12-4-6-17(13-30)21-26-22-20(23(32)27-21)28-29-31(22)14-16-5-2-3-7-19(16)25/h2-3,5,7-11,17H,4,6,12-14H2,1H3,(H,26,27,32)/t17-/m0/s1. The van der Waals surface area contributed by atoms with Gasteiger partial charge in [0.25, 0.3) is 11.5 Å². The van der Waals surface area contributed by atoms with Crippen molar-refractivity contribution in [1.82, 2.24) is 29.9 Å². The summed E-state index contributed by atoms with van der Waals surface area (Å²) >= 11 is 6.30. The molecule has 174 valence electrons. The second-order valence-corrected chi connectivity index (χ2v) is 8.69. The summed E-state index contributed by atoms with van der Waals surface area (Å²) in [5.74, 6) is 1.08. The molecule has 0 saturated carbocycles. The predicted octanol–water partition coefficient (Wildman–Crippen LogP) is 3.24. The van der Waals surface area contributed by atoms with Crippen LogP contribution in [0.4, 0.5) is 0 Å². The molecule has 5 rings (SSSR count). The minimum Gasteiger partial charge on any atom is -0.497 e. The van der Waals surface area contributed by atoms with Crippen LogP contribution in [0, 0.1) is 0 Å². The number of aromatic amines is 1. The highest BCUT2D eigenvalue weighted by Gasteiger charge is 2.28. The number of fused-ring (bicyclic) bond motifs is 1. The molecule has 1 atom stereocenters. The fraction of sp³-hybridized carbons (Fsp3) is 0.292. The number of likely N-dealkylation sites (tertiary alicyclic amines) is 1. The molecule has 9 nitrogen and oxygen atoms in total. The monoisotopic (exact) mass is 478 g/mol. The van der Waals surface area contributed by atoms with Crippen LogP contribution >= 0.6 is 11.6 Å². The first-order chi connectivity index (χ1) is 16.5. The third-order valence-corrected chi connectivity index (χ3v) is 6.47. The van der Waals surface area contributed by atoms with Crippen molar-refractivity contribution in [2.24, 2.45) is 0 Å². The van der Waals surface area contributed by atoms with Gasteiger partial charge in [-0.15, -0.1) is 5.10 Å². The average Bonchev–Trinajstić information content (AvgIpc) is 3.28. The van der Waals surface area contributed by atoms with Crippen LogP contribution in [0.25, 0.3) is 11.2 Å². The molecule has 1 amide bonds. The summed E-state index contributed by atoms with van der Waals surface area (Å²) in [6, 6.07) is 14.5. The fourth-order valence-electron chi connectivity index (χ4n) is 4.27. The number of hydrogen-bond donors (Lipinski definition) is 1. The first kappa shape index (κ1) is 22.1. The van der Waals surface area contributed by atoms with Gasteiger partial charge in [0, 0.05) is 29.6 Å². The highest BCUT2D eigenvalue weighted by Crippen LogP contribution is 2.26. The van der Waals surface area contributed by atoms with Crippen LogP contribution in [0.15, 0.2) is 53.3 Å². The van der Waals surface area contributed by atoms with E-state index in [2.05, 4.69) is 15.3 Å². The first-order valence-electron chi connectivity index (χ1n) is 11.0. The molecule has 1 aliphatic heterocycles. The van der Waals surface area contributed by atoms with E-state index in [-0.39, 0.29) is 22.9 Å². The molecule has 2 aromatic carbocycles. The summed E-state index contributed by atoms with van der Waals surface area (Å²) in [5, 5.41) is 8.75. The molecule has 0 radical (unpaired) electrons. The molecule has 4 aromatic rings. The van der Waals surface area contributed by atoms with Crippen LogP contribution in [0.2, 0.25) is 5.02 Å². The average molecular weight is 479 g/mol. The topological polar surface area (TPSA) is 106 Å². The second-order valence-electron chi connectivity index (χ2n) is 8.28. The predicted molar refractivity (Wildman–Crippen MR) is 127 cm³/mol. The van der Waals surface area contributed by atoms with Gasteiger partial charge in [-0.05, 0) is 48.7 Å². The van der Waals surface area contributed by atoms with Gasteiger partial charge in [-0.25, -0.2) is 9.67 Å². The number of nitrogens with zero attached hydrogens (tertiary/aromatic N) is 5. The summed E-state index contributed by atoms with van der Waals surface area (Å²) in [7, 11) is 1.59. The van der Waals surface area contributed by atoms with Crippen LogP contribution < -0.4 is 10.3 Å². The molecule has 1 N–H and O–H groups in total. The Hall–Kier alpha value is -3.72. The molecule has 2 aromatic heterocycles. The number of benzene rings is 2. The lowest BCUT2D eigenvalue weighted by Gasteiger charge is -2.32. The van der Waals surface area contributed by atoms with E-state index in [0.29, 0.717) is 47.4 Å². The molecule has 3 heterocycles. The lowest BCUT2D eigenvalue weighted by Crippen LogP contribution is -2.40. The van der Waals surface area contributed by atoms with Gasteiger partial charge < -0.3 is 14.6 Å². The number of piperidine rings is 1. The maximum Gasteiger partial charge on any atom is 0.281 e. The summed E-state index contributed by atoms with van der Waals surface area (Å²) in [5.41, 5.74) is 1.69. The van der Waals surface area contributed by atoms with Crippen LogP contribution in [0.5, 0.6) is 5.75 Å². The zero-order valence-corrected chi connectivity index (χ0v) is 19.3. The summed E-state index contributed by atoms with van der Waals surface area (Å²) < 4.78 is 6.76. The molecule has 0 unspecified atom stereocenters. The van der Waals surface area contributed by atoms with E-state index >= 15 is 0 Å². The van der Waals surface area contributed by atoms with E-state index in [0.717, 1.165) is 18.4 Å². The minimum atomic E-state index is -0.344. The third-order valence-electron chi connectivity index (χ3n) is 6.10. The summed E-state index contributed by atoms with van der Waals surface area (Å²) in [4.78, 5) is 35.2. The van der Waals surface area contributed by atoms with E-state index in [1.54, 1.807) is 47.0 Å². The molecular weight excluding hydrogens is 456 g/mol. The van der Waals surface area contributed by atoms with Gasteiger partial charge in [0.2, 0.25) is 0 Å². The van der Waals surface area contributed by atoms with Crippen molar-refractivity contribution in [1.29, 1.82) is 0 Å². The van der Waals surface area contributed by atoms with Gasteiger partial charge >= 0.3 is 0 Å². The Labute approximate surface area is 200 Å². The maximum atomic E-state index is 13.1. The molecule has 1 saturated heterocycles. The Balaban J connectivity index is 1.41. The van der Waals surface area contributed by atoms with Crippen molar-refractivity contribution in [3.05, 3.63) is 80.9 Å².